The molecule has 0 atom stereocenters. The molecule has 0 spiro atoms. The van der Waals surface area contributed by atoms with E-state index in [9.17, 15) is 4.79 Å². The summed E-state index contributed by atoms with van der Waals surface area (Å²) in [4.78, 5) is 13.4. The van der Waals surface area contributed by atoms with E-state index < -0.39 is 0 Å². The van der Waals surface area contributed by atoms with Crippen LogP contribution in [0.2, 0.25) is 0 Å². The molecule has 0 bridgehead atoms. The average molecular weight is 190 g/mol. The van der Waals surface area contributed by atoms with Gasteiger partial charge in [0.1, 0.15) is 0 Å². The summed E-state index contributed by atoms with van der Waals surface area (Å²) in [6, 6.07) is 7.40. The molecule has 74 valence electrons. The van der Waals surface area contributed by atoms with Crippen molar-refractivity contribution in [2.24, 2.45) is 5.92 Å². The van der Waals surface area contributed by atoms with E-state index in [1.54, 1.807) is 11.9 Å². The van der Waals surface area contributed by atoms with Gasteiger partial charge >= 0.3 is 0 Å². The molecular formula is C11H14N2O. The zero-order valence-corrected chi connectivity index (χ0v) is 8.23. The molecule has 0 aromatic heterocycles. The molecule has 0 saturated heterocycles. The fraction of sp³-hybridized carbons (Fsp3) is 0.364. The highest BCUT2D eigenvalue weighted by Crippen LogP contribution is 2.32. The molecule has 1 aliphatic carbocycles. The van der Waals surface area contributed by atoms with Crippen LogP contribution in [0.5, 0.6) is 0 Å². The number of hydrogen-bond acceptors (Lipinski definition) is 2. The number of anilines is 2. The number of carbonyl (C=O) groups excluding carboxylic acids is 1. The van der Waals surface area contributed by atoms with Gasteiger partial charge in [-0.1, -0.05) is 6.07 Å². The zero-order valence-electron chi connectivity index (χ0n) is 8.23. The maximum Gasteiger partial charge on any atom is 0.229 e. The lowest BCUT2D eigenvalue weighted by Gasteiger charge is -2.17. The van der Waals surface area contributed by atoms with Gasteiger partial charge in [-0.05, 0) is 31.0 Å². The SMILES string of the molecule is CN(C(=O)C1CC1)c1cccc(N)c1. The lowest BCUT2D eigenvalue weighted by Crippen LogP contribution is -2.27. The second kappa shape index (κ2) is 3.33. The summed E-state index contributed by atoms with van der Waals surface area (Å²) in [5.41, 5.74) is 7.22. The Balaban J connectivity index is 2.17. The number of amides is 1. The van der Waals surface area contributed by atoms with E-state index in [1.165, 1.54) is 0 Å². The molecule has 0 unspecified atom stereocenters. The van der Waals surface area contributed by atoms with Crippen molar-refractivity contribution in [2.75, 3.05) is 17.7 Å². The Hall–Kier alpha value is -1.51. The number of nitrogens with zero attached hydrogens (tertiary/aromatic N) is 1. The van der Waals surface area contributed by atoms with Gasteiger partial charge in [-0.3, -0.25) is 4.79 Å². The van der Waals surface area contributed by atoms with Crippen molar-refractivity contribution in [2.45, 2.75) is 12.8 Å². The van der Waals surface area contributed by atoms with Crippen LogP contribution in [0.4, 0.5) is 11.4 Å². The Morgan fingerprint density at radius 2 is 2.21 bits per heavy atom. The third-order valence-electron chi connectivity index (χ3n) is 2.51. The number of carbonyl (C=O) groups is 1. The maximum atomic E-state index is 11.7. The van der Waals surface area contributed by atoms with Crippen LogP contribution in [-0.2, 0) is 4.79 Å². The van der Waals surface area contributed by atoms with Gasteiger partial charge in [0.15, 0.2) is 0 Å². The second-order valence-electron chi connectivity index (χ2n) is 3.77. The molecule has 0 aliphatic heterocycles. The molecule has 14 heavy (non-hydrogen) atoms. The third kappa shape index (κ3) is 1.71. The van der Waals surface area contributed by atoms with Crippen molar-refractivity contribution >= 4 is 17.3 Å². The minimum Gasteiger partial charge on any atom is -0.399 e. The van der Waals surface area contributed by atoms with Gasteiger partial charge in [0.25, 0.3) is 0 Å². The lowest BCUT2D eigenvalue weighted by atomic mass is 10.2. The number of benzene rings is 1. The highest BCUT2D eigenvalue weighted by atomic mass is 16.2. The third-order valence-corrected chi connectivity index (χ3v) is 2.51. The Labute approximate surface area is 83.5 Å². The Morgan fingerprint density at radius 3 is 2.79 bits per heavy atom. The average Bonchev–Trinajstić information content (AvgIpc) is 2.99. The fourth-order valence-electron chi connectivity index (χ4n) is 1.46. The molecule has 1 amide bonds. The number of rotatable bonds is 2. The molecule has 1 saturated carbocycles. The molecule has 1 aromatic rings. The summed E-state index contributed by atoms with van der Waals surface area (Å²) in [5, 5.41) is 0. The molecule has 0 radical (unpaired) electrons. The van der Waals surface area contributed by atoms with Gasteiger partial charge in [-0.15, -0.1) is 0 Å². The van der Waals surface area contributed by atoms with Gasteiger partial charge < -0.3 is 10.6 Å². The van der Waals surface area contributed by atoms with Crippen molar-refractivity contribution < 1.29 is 4.79 Å². The minimum atomic E-state index is 0.204. The minimum absolute atomic E-state index is 0.204. The number of nitrogen functional groups attached to an aromatic ring is 1. The van der Waals surface area contributed by atoms with Crippen molar-refractivity contribution in [3.63, 3.8) is 0 Å². The summed E-state index contributed by atoms with van der Waals surface area (Å²) in [6.07, 6.45) is 2.07. The number of nitrogens with two attached hydrogens (primary N) is 1. The smallest absolute Gasteiger partial charge is 0.229 e. The molecule has 2 rings (SSSR count). The van der Waals surface area contributed by atoms with Gasteiger partial charge in [0.2, 0.25) is 5.91 Å². The van der Waals surface area contributed by atoms with E-state index >= 15 is 0 Å². The Bertz CT molecular complexity index is 358. The van der Waals surface area contributed by atoms with Crippen LogP contribution in [-0.4, -0.2) is 13.0 Å². The molecule has 1 aliphatic rings. The predicted molar refractivity (Wildman–Crippen MR) is 57.0 cm³/mol. The van der Waals surface area contributed by atoms with Crippen molar-refractivity contribution in [3.05, 3.63) is 24.3 Å². The highest BCUT2D eigenvalue weighted by molar-refractivity contribution is 5.96. The fourth-order valence-corrected chi connectivity index (χ4v) is 1.46. The topological polar surface area (TPSA) is 46.3 Å². The first kappa shape index (κ1) is 9.06. The molecule has 0 heterocycles. The summed E-state index contributed by atoms with van der Waals surface area (Å²) in [5.74, 6) is 0.456. The maximum absolute atomic E-state index is 11.7. The standard InChI is InChI=1S/C11H14N2O/c1-13(11(14)8-5-6-8)10-4-2-3-9(12)7-10/h2-4,7-8H,5-6,12H2,1H3. The van der Waals surface area contributed by atoms with E-state index in [4.69, 9.17) is 5.73 Å². The van der Waals surface area contributed by atoms with E-state index in [0.29, 0.717) is 5.69 Å². The number of hydrogen-bond donors (Lipinski definition) is 1. The predicted octanol–water partition coefficient (Wildman–Crippen LogP) is 1.64. The van der Waals surface area contributed by atoms with Crippen LogP contribution in [0.25, 0.3) is 0 Å². The monoisotopic (exact) mass is 190 g/mol. The van der Waals surface area contributed by atoms with Crippen LogP contribution < -0.4 is 10.6 Å². The molecule has 3 heteroatoms. The van der Waals surface area contributed by atoms with E-state index in [1.807, 2.05) is 24.3 Å². The molecular weight excluding hydrogens is 176 g/mol. The van der Waals surface area contributed by atoms with E-state index in [0.717, 1.165) is 18.5 Å². The van der Waals surface area contributed by atoms with Gasteiger partial charge in [0, 0.05) is 24.3 Å². The van der Waals surface area contributed by atoms with Gasteiger partial charge in [0.05, 0.1) is 0 Å². The van der Waals surface area contributed by atoms with Gasteiger partial charge in [-0.2, -0.15) is 0 Å². The van der Waals surface area contributed by atoms with Crippen LogP contribution in [0.1, 0.15) is 12.8 Å². The van der Waals surface area contributed by atoms with Crippen LogP contribution in [0.3, 0.4) is 0 Å². The molecule has 1 fully saturated rings. The largest absolute Gasteiger partial charge is 0.399 e. The van der Waals surface area contributed by atoms with Crippen molar-refractivity contribution in [1.82, 2.24) is 0 Å². The Kier molecular flexibility index (Phi) is 2.15. The summed E-state index contributed by atoms with van der Waals surface area (Å²) in [7, 11) is 1.80. The normalized spacial score (nSPS) is 15.2. The summed E-state index contributed by atoms with van der Waals surface area (Å²) >= 11 is 0. The first-order chi connectivity index (χ1) is 6.68. The first-order valence-corrected chi connectivity index (χ1v) is 4.81. The molecule has 2 N–H and O–H groups in total. The van der Waals surface area contributed by atoms with Crippen molar-refractivity contribution in [3.8, 4) is 0 Å². The Morgan fingerprint density at radius 1 is 1.50 bits per heavy atom. The molecule has 1 aromatic carbocycles. The van der Waals surface area contributed by atoms with Gasteiger partial charge in [-0.25, -0.2) is 0 Å². The first-order valence-electron chi connectivity index (χ1n) is 4.81. The summed E-state index contributed by atoms with van der Waals surface area (Å²) < 4.78 is 0. The lowest BCUT2D eigenvalue weighted by molar-refractivity contribution is -0.119. The summed E-state index contributed by atoms with van der Waals surface area (Å²) in [6.45, 7) is 0. The second-order valence-corrected chi connectivity index (χ2v) is 3.77. The highest BCUT2D eigenvalue weighted by Gasteiger charge is 2.32. The van der Waals surface area contributed by atoms with Crippen LogP contribution in [0, 0.1) is 5.92 Å². The zero-order chi connectivity index (χ0) is 10.1. The molecule has 3 nitrogen and oxygen atoms in total. The van der Waals surface area contributed by atoms with Crippen LogP contribution >= 0.6 is 0 Å². The van der Waals surface area contributed by atoms with E-state index in [-0.39, 0.29) is 11.8 Å². The quantitative estimate of drug-likeness (QED) is 0.721. The van der Waals surface area contributed by atoms with Crippen molar-refractivity contribution in [1.29, 1.82) is 0 Å². The van der Waals surface area contributed by atoms with Crippen LogP contribution in [0.15, 0.2) is 24.3 Å². The van der Waals surface area contributed by atoms with E-state index in [2.05, 4.69) is 0 Å².